The van der Waals surface area contributed by atoms with Gasteiger partial charge in [-0.2, -0.15) is 13.1 Å². The Balaban J connectivity index is 1.52. The van der Waals surface area contributed by atoms with E-state index in [0.717, 1.165) is 11.7 Å². The Labute approximate surface area is 173 Å². The summed E-state index contributed by atoms with van der Waals surface area (Å²) in [5.74, 6) is 0. The van der Waals surface area contributed by atoms with Crippen LogP contribution in [0, 0.1) is 6.92 Å². The summed E-state index contributed by atoms with van der Waals surface area (Å²) in [7, 11) is -1.55. The van der Waals surface area contributed by atoms with Crippen LogP contribution in [-0.4, -0.2) is 39.1 Å². The van der Waals surface area contributed by atoms with E-state index in [1.54, 1.807) is 18.2 Å². The molecule has 0 saturated heterocycles. The van der Waals surface area contributed by atoms with Crippen LogP contribution < -0.4 is 0 Å². The molecule has 2 aromatic heterocycles. The van der Waals surface area contributed by atoms with Gasteiger partial charge in [0.15, 0.2) is 0 Å². The smallest absolute Gasteiger partial charge is 0.245 e. The molecule has 0 aliphatic carbocycles. The highest BCUT2D eigenvalue weighted by Crippen LogP contribution is 2.35. The summed E-state index contributed by atoms with van der Waals surface area (Å²) >= 11 is 1.04. The fourth-order valence-corrected chi connectivity index (χ4v) is 6.28. The molecule has 3 heterocycles. The number of fused-ring (bicyclic) bond motifs is 2. The van der Waals surface area contributed by atoms with Crippen LogP contribution in [0.2, 0.25) is 0 Å². The van der Waals surface area contributed by atoms with Gasteiger partial charge in [-0.15, -0.1) is 0 Å². The molecule has 148 valence electrons. The number of nitrogens with zero attached hydrogens (tertiary/aromatic N) is 4. The monoisotopic (exact) mass is 424 g/mol. The lowest BCUT2D eigenvalue weighted by molar-refractivity contribution is 0.442. The summed E-state index contributed by atoms with van der Waals surface area (Å²) in [5, 5.41) is 1.22. The lowest BCUT2D eigenvalue weighted by Gasteiger charge is -2.26. The van der Waals surface area contributed by atoms with Crippen LogP contribution in [0.3, 0.4) is 0 Å². The fraction of sp³-hybridized carbons (Fsp3) is 0.238. The first-order valence-electron chi connectivity index (χ1n) is 9.43. The number of rotatable bonds is 3. The number of hydrogen-bond acceptors (Lipinski definition) is 5. The van der Waals surface area contributed by atoms with E-state index < -0.39 is 10.0 Å². The molecule has 0 radical (unpaired) electrons. The van der Waals surface area contributed by atoms with Crippen molar-refractivity contribution in [2.24, 2.45) is 7.05 Å². The zero-order valence-electron chi connectivity index (χ0n) is 16.2. The first-order chi connectivity index (χ1) is 14.0. The number of aromatic nitrogens is 3. The molecule has 0 amide bonds. The lowest BCUT2D eigenvalue weighted by Crippen LogP contribution is -2.34. The molecule has 2 aromatic carbocycles. The van der Waals surface area contributed by atoms with Crippen LogP contribution in [0.4, 0.5) is 0 Å². The Morgan fingerprint density at radius 1 is 1.07 bits per heavy atom. The number of hydrogen-bond donors (Lipinski definition) is 0. The largest absolute Gasteiger partial charge is 0.347 e. The molecule has 1 aliphatic rings. The van der Waals surface area contributed by atoms with Gasteiger partial charge in [0.2, 0.25) is 10.0 Å². The second-order valence-electron chi connectivity index (χ2n) is 7.27. The molecule has 4 aromatic rings. The van der Waals surface area contributed by atoms with Crippen LogP contribution in [0.1, 0.15) is 17.7 Å². The highest BCUT2D eigenvalue weighted by molar-refractivity contribution is 7.89. The average Bonchev–Trinajstić information content (AvgIpc) is 3.31. The molecular formula is C21H20N4O2S2. The van der Waals surface area contributed by atoms with Gasteiger partial charge in [0, 0.05) is 42.3 Å². The van der Waals surface area contributed by atoms with Gasteiger partial charge < -0.3 is 4.57 Å². The minimum atomic E-state index is -3.62. The molecule has 0 saturated carbocycles. The predicted octanol–water partition coefficient (Wildman–Crippen LogP) is 3.97. The third-order valence-electron chi connectivity index (χ3n) is 5.76. The van der Waals surface area contributed by atoms with Gasteiger partial charge in [-0.1, -0.05) is 30.3 Å². The summed E-state index contributed by atoms with van der Waals surface area (Å²) in [5.41, 5.74) is 5.91. The Hall–Kier alpha value is -2.55. The lowest BCUT2D eigenvalue weighted by atomic mass is 9.97. The Kier molecular flexibility index (Phi) is 4.31. The van der Waals surface area contributed by atoms with Crippen LogP contribution in [0.5, 0.6) is 0 Å². The second kappa shape index (κ2) is 6.76. The average molecular weight is 425 g/mol. The molecule has 5 rings (SSSR count). The van der Waals surface area contributed by atoms with Gasteiger partial charge >= 0.3 is 0 Å². The first kappa shape index (κ1) is 18.5. The van der Waals surface area contributed by atoms with E-state index in [-0.39, 0.29) is 4.90 Å². The molecule has 29 heavy (non-hydrogen) atoms. The van der Waals surface area contributed by atoms with Crippen molar-refractivity contribution in [1.82, 2.24) is 17.6 Å². The van der Waals surface area contributed by atoms with E-state index >= 15 is 0 Å². The molecule has 0 bridgehead atoms. The second-order valence-corrected chi connectivity index (χ2v) is 9.70. The maximum absolute atomic E-state index is 13.3. The highest BCUT2D eigenvalue weighted by atomic mass is 32.2. The van der Waals surface area contributed by atoms with E-state index in [1.807, 2.05) is 12.1 Å². The third kappa shape index (κ3) is 2.82. The normalized spacial score (nSPS) is 15.9. The standard InChI is InChI=1S/C21H20N4O2S2/c1-14-20(16-6-3-4-8-18(16)24(14)2)15-10-12-25(13-11-15)29(26,27)19-9-5-7-17-21(19)23-28-22-17/h3-10H,11-13H2,1-2H3. The van der Waals surface area contributed by atoms with Gasteiger partial charge in [0.1, 0.15) is 15.9 Å². The number of sulfonamides is 1. The Bertz CT molecular complexity index is 1380. The molecule has 0 fully saturated rings. The van der Waals surface area contributed by atoms with Crippen LogP contribution in [0.15, 0.2) is 53.4 Å². The molecule has 0 atom stereocenters. The van der Waals surface area contributed by atoms with Crippen molar-refractivity contribution in [3.63, 3.8) is 0 Å². The topological polar surface area (TPSA) is 68.1 Å². The highest BCUT2D eigenvalue weighted by Gasteiger charge is 2.30. The Morgan fingerprint density at radius 2 is 1.90 bits per heavy atom. The van der Waals surface area contributed by atoms with Gasteiger partial charge in [-0.3, -0.25) is 0 Å². The zero-order valence-corrected chi connectivity index (χ0v) is 17.8. The first-order valence-corrected chi connectivity index (χ1v) is 11.6. The van der Waals surface area contributed by atoms with E-state index in [4.69, 9.17) is 0 Å². The van der Waals surface area contributed by atoms with E-state index in [2.05, 4.69) is 45.5 Å². The van der Waals surface area contributed by atoms with Crippen molar-refractivity contribution in [1.29, 1.82) is 0 Å². The fourth-order valence-electron chi connectivity index (χ4n) is 4.15. The van der Waals surface area contributed by atoms with Gasteiger partial charge in [-0.25, -0.2) is 8.42 Å². The van der Waals surface area contributed by atoms with Crippen molar-refractivity contribution >= 4 is 49.3 Å². The van der Waals surface area contributed by atoms with Crippen LogP contribution in [-0.2, 0) is 17.1 Å². The van der Waals surface area contributed by atoms with Crippen molar-refractivity contribution in [2.45, 2.75) is 18.2 Å². The van der Waals surface area contributed by atoms with E-state index in [0.29, 0.717) is 30.5 Å². The zero-order chi connectivity index (χ0) is 20.2. The van der Waals surface area contributed by atoms with Crippen molar-refractivity contribution < 1.29 is 8.42 Å². The summed E-state index contributed by atoms with van der Waals surface area (Å²) in [4.78, 5) is 0.238. The van der Waals surface area contributed by atoms with Crippen LogP contribution in [0.25, 0.3) is 27.5 Å². The SMILES string of the molecule is Cc1c(C2=CCN(S(=O)(=O)c3cccc4nsnc34)CC2)c2ccccc2n1C. The Morgan fingerprint density at radius 3 is 2.69 bits per heavy atom. The van der Waals surface area contributed by atoms with E-state index in [9.17, 15) is 8.42 Å². The maximum Gasteiger partial charge on any atom is 0.245 e. The summed E-state index contributed by atoms with van der Waals surface area (Å²) in [6.45, 7) is 2.92. The van der Waals surface area contributed by atoms with Gasteiger partial charge in [0.25, 0.3) is 0 Å². The number of aryl methyl sites for hydroxylation is 1. The minimum Gasteiger partial charge on any atom is -0.347 e. The number of para-hydroxylation sites is 1. The molecular weight excluding hydrogens is 404 g/mol. The molecule has 6 nitrogen and oxygen atoms in total. The van der Waals surface area contributed by atoms with Crippen LogP contribution >= 0.6 is 11.7 Å². The third-order valence-corrected chi connectivity index (χ3v) is 8.20. The molecule has 0 N–H and O–H groups in total. The molecule has 8 heteroatoms. The summed E-state index contributed by atoms with van der Waals surface area (Å²) in [6.07, 6.45) is 2.73. The van der Waals surface area contributed by atoms with Gasteiger partial charge in [-0.05, 0) is 37.1 Å². The van der Waals surface area contributed by atoms with Crippen molar-refractivity contribution in [3.05, 3.63) is 59.8 Å². The quantitative estimate of drug-likeness (QED) is 0.499. The van der Waals surface area contributed by atoms with Crippen molar-refractivity contribution in [3.8, 4) is 0 Å². The number of benzene rings is 2. The maximum atomic E-state index is 13.3. The van der Waals surface area contributed by atoms with Crippen molar-refractivity contribution in [2.75, 3.05) is 13.1 Å². The molecule has 0 spiro atoms. The summed E-state index contributed by atoms with van der Waals surface area (Å²) in [6, 6.07) is 13.5. The predicted molar refractivity (Wildman–Crippen MR) is 116 cm³/mol. The van der Waals surface area contributed by atoms with Gasteiger partial charge in [0.05, 0.1) is 11.7 Å². The molecule has 1 aliphatic heterocycles. The summed E-state index contributed by atoms with van der Waals surface area (Å²) < 4.78 is 38.6. The van der Waals surface area contributed by atoms with E-state index in [1.165, 1.54) is 32.0 Å². The minimum absolute atomic E-state index is 0.238. The molecule has 0 unspecified atom stereocenters.